The van der Waals surface area contributed by atoms with Crippen LogP contribution in [0.25, 0.3) is 0 Å². The molecule has 1 aromatic carbocycles. The van der Waals surface area contributed by atoms with E-state index in [9.17, 15) is 24.0 Å². The monoisotopic (exact) mass is 510 g/mol. The Morgan fingerprint density at radius 1 is 1.14 bits per heavy atom. The summed E-state index contributed by atoms with van der Waals surface area (Å²) in [5, 5.41) is 11.1. The summed E-state index contributed by atoms with van der Waals surface area (Å²) in [5.41, 5.74) is 1.58. The highest BCUT2D eigenvalue weighted by atomic mass is 16.2. The molecule has 3 fully saturated rings. The van der Waals surface area contributed by atoms with E-state index in [1.165, 1.54) is 0 Å². The summed E-state index contributed by atoms with van der Waals surface area (Å²) in [6.07, 6.45) is 4.40. The van der Waals surface area contributed by atoms with E-state index in [1.807, 2.05) is 6.07 Å². The van der Waals surface area contributed by atoms with Crippen LogP contribution in [-0.2, 0) is 30.5 Å². The number of nitrogens with one attached hydrogen (secondary N) is 4. The summed E-state index contributed by atoms with van der Waals surface area (Å²) in [6, 6.07) is 5.42. The van der Waals surface area contributed by atoms with Crippen LogP contribution >= 0.6 is 0 Å². The van der Waals surface area contributed by atoms with Crippen LogP contribution in [0.2, 0.25) is 0 Å². The van der Waals surface area contributed by atoms with Crippen molar-refractivity contribution in [2.75, 3.05) is 12.4 Å². The van der Waals surface area contributed by atoms with Crippen molar-refractivity contribution in [3.63, 3.8) is 0 Å². The Kier molecular flexibility index (Phi) is 8.32. The van der Waals surface area contributed by atoms with Gasteiger partial charge < -0.3 is 26.2 Å². The highest BCUT2D eigenvalue weighted by Crippen LogP contribution is 2.31. The molecule has 0 unspecified atom stereocenters. The minimum Gasteiger partial charge on any atom is -0.350 e. The fourth-order valence-electron chi connectivity index (χ4n) is 4.93. The maximum Gasteiger partial charge on any atom is 0.269 e. The first kappa shape index (κ1) is 26.5. The minimum atomic E-state index is -0.622. The smallest absolute Gasteiger partial charge is 0.269 e. The molecule has 3 aliphatic heterocycles. The zero-order valence-corrected chi connectivity index (χ0v) is 21.2. The molecule has 0 aromatic heterocycles. The average Bonchev–Trinajstić information content (AvgIpc) is 3.28. The van der Waals surface area contributed by atoms with Gasteiger partial charge in [-0.3, -0.25) is 24.0 Å². The molecule has 3 aliphatic rings. The van der Waals surface area contributed by atoms with Crippen LogP contribution in [0.4, 0.5) is 5.69 Å². The van der Waals surface area contributed by atoms with Crippen molar-refractivity contribution >= 4 is 40.9 Å². The molecule has 198 valence electrons. The Bertz CT molecular complexity index is 1110. The number of anilines is 1. The Morgan fingerprint density at radius 3 is 2.65 bits per heavy atom. The number of rotatable bonds is 7. The first-order valence-corrected chi connectivity index (χ1v) is 12.8. The molecule has 5 amide bonds. The van der Waals surface area contributed by atoms with Crippen molar-refractivity contribution in [2.24, 2.45) is 4.99 Å². The number of amides is 5. The maximum atomic E-state index is 13.4. The van der Waals surface area contributed by atoms with E-state index in [2.05, 4.69) is 26.3 Å². The summed E-state index contributed by atoms with van der Waals surface area (Å²) in [7, 11) is 1.66. The van der Waals surface area contributed by atoms with Crippen molar-refractivity contribution < 1.29 is 24.0 Å². The predicted molar refractivity (Wildman–Crippen MR) is 137 cm³/mol. The first-order valence-electron chi connectivity index (χ1n) is 12.8. The molecule has 4 rings (SSSR count). The van der Waals surface area contributed by atoms with Crippen molar-refractivity contribution in [3.05, 3.63) is 29.8 Å². The van der Waals surface area contributed by atoms with Gasteiger partial charge in [-0.15, -0.1) is 0 Å². The maximum absolute atomic E-state index is 13.4. The molecule has 37 heavy (non-hydrogen) atoms. The van der Waals surface area contributed by atoms with Crippen LogP contribution in [0.15, 0.2) is 29.3 Å². The molecule has 4 atom stereocenters. The normalized spacial score (nSPS) is 25.3. The lowest BCUT2D eigenvalue weighted by atomic mass is 10.0. The second-order valence-corrected chi connectivity index (χ2v) is 9.84. The van der Waals surface area contributed by atoms with Gasteiger partial charge in [0.05, 0.1) is 12.5 Å². The Labute approximate surface area is 215 Å². The van der Waals surface area contributed by atoms with Gasteiger partial charge in [0.2, 0.25) is 17.7 Å². The molecule has 0 spiro atoms. The molecule has 0 bridgehead atoms. The van der Waals surface area contributed by atoms with E-state index >= 15 is 0 Å². The molecule has 0 saturated carbocycles. The van der Waals surface area contributed by atoms with Gasteiger partial charge >= 0.3 is 0 Å². The Hall–Kier alpha value is -3.60. The van der Waals surface area contributed by atoms with Gasteiger partial charge in [-0.1, -0.05) is 18.6 Å². The van der Waals surface area contributed by atoms with Gasteiger partial charge in [-0.05, 0) is 63.8 Å². The zero-order chi connectivity index (χ0) is 26.5. The Morgan fingerprint density at radius 2 is 1.92 bits per heavy atom. The van der Waals surface area contributed by atoms with Crippen molar-refractivity contribution in [3.8, 4) is 0 Å². The number of hydrogen-bond donors (Lipinski definition) is 4. The number of fused-ring (bicyclic) bond motifs is 1. The molecule has 1 aromatic rings. The number of benzene rings is 1. The molecule has 3 saturated heterocycles. The molecule has 11 nitrogen and oxygen atoms in total. The van der Waals surface area contributed by atoms with Gasteiger partial charge in [0.25, 0.3) is 11.8 Å². The highest BCUT2D eigenvalue weighted by Gasteiger charge is 2.42. The molecule has 0 radical (unpaired) electrons. The third-order valence-corrected chi connectivity index (χ3v) is 7.24. The number of hydrogen-bond acceptors (Lipinski definition) is 6. The molecule has 0 aliphatic carbocycles. The summed E-state index contributed by atoms with van der Waals surface area (Å²) in [6.45, 7) is 1.92. The third kappa shape index (κ3) is 6.22. The fourth-order valence-corrected chi connectivity index (χ4v) is 4.93. The fraction of sp³-hybridized carbons (Fsp3) is 0.538. The zero-order valence-electron chi connectivity index (χ0n) is 21.2. The number of aliphatic imine (C=N–C) groups is 1. The molecule has 11 heteroatoms. The van der Waals surface area contributed by atoms with Gasteiger partial charge in [-0.2, -0.15) is 0 Å². The van der Waals surface area contributed by atoms with Crippen LogP contribution in [0.1, 0.15) is 57.4 Å². The number of nitrogens with zero attached hydrogens (tertiary/aromatic N) is 2. The van der Waals surface area contributed by atoms with E-state index in [-0.39, 0.29) is 48.3 Å². The number of carbonyl (C=O) groups is 5. The summed E-state index contributed by atoms with van der Waals surface area (Å²) in [5.74, 6) is -1.41. The van der Waals surface area contributed by atoms with E-state index in [1.54, 1.807) is 37.1 Å². The first-order chi connectivity index (χ1) is 17.8. The molecular formula is C26H34N6O5. The lowest BCUT2D eigenvalue weighted by Crippen LogP contribution is -2.55. The van der Waals surface area contributed by atoms with E-state index in [4.69, 9.17) is 0 Å². The second-order valence-electron chi connectivity index (χ2n) is 9.84. The van der Waals surface area contributed by atoms with Gasteiger partial charge in [0.15, 0.2) is 0 Å². The standard InChI is InChI=1S/C26H34N6O5/c1-15(27-2)23(34)31-19-9-4-3-8-18-10-11-21(32(18)26(19)37)25(36)28-14-16-6-5-7-17(12-16)29-24(35)20-13-22(33)30-20/h5-7,12,15,18,20-21,27H,3-4,8-11,13-14H2,1-2H3,(H,28,36)(H,29,35)(H,30,33)/t15-,18-,20-,21-/m0/s1. The van der Waals surface area contributed by atoms with E-state index in [0.29, 0.717) is 18.5 Å². The average molecular weight is 511 g/mol. The Balaban J connectivity index is 1.40. The quantitative estimate of drug-likeness (QED) is 0.396. The van der Waals surface area contributed by atoms with Crippen LogP contribution in [0.3, 0.4) is 0 Å². The minimum absolute atomic E-state index is 0.0453. The number of β-lactam (4-membered cyclic amide) rings is 1. The summed E-state index contributed by atoms with van der Waals surface area (Å²) < 4.78 is 0. The lowest BCUT2D eigenvalue weighted by molar-refractivity contribution is -0.136. The molecule has 4 N–H and O–H groups in total. The van der Waals surface area contributed by atoms with Gasteiger partial charge in [0.1, 0.15) is 17.8 Å². The predicted octanol–water partition coefficient (Wildman–Crippen LogP) is 0.639. The molecular weight excluding hydrogens is 476 g/mol. The lowest BCUT2D eigenvalue weighted by Gasteiger charge is -2.32. The van der Waals surface area contributed by atoms with Crippen LogP contribution < -0.4 is 21.3 Å². The second kappa shape index (κ2) is 11.6. The van der Waals surface area contributed by atoms with Crippen molar-refractivity contribution in [1.29, 1.82) is 0 Å². The van der Waals surface area contributed by atoms with Crippen LogP contribution in [0, 0.1) is 0 Å². The topological polar surface area (TPSA) is 149 Å². The van der Waals surface area contributed by atoms with Crippen molar-refractivity contribution in [1.82, 2.24) is 20.9 Å². The third-order valence-electron chi connectivity index (χ3n) is 7.24. The van der Waals surface area contributed by atoms with E-state index < -0.39 is 24.0 Å². The van der Waals surface area contributed by atoms with Gasteiger partial charge in [0, 0.05) is 18.3 Å². The SMILES string of the molecule is CN[C@@H](C)C(=O)N=C1CCCC[C@H]2CC[C@@H](C(=O)NCc3cccc(NC(=O)[C@@H]4CC(=O)N4)c3)N2C1=O. The van der Waals surface area contributed by atoms with Crippen LogP contribution in [-0.4, -0.2) is 71.4 Å². The summed E-state index contributed by atoms with van der Waals surface area (Å²) >= 11 is 0. The number of carbonyl (C=O) groups excluding carboxylic acids is 5. The van der Waals surface area contributed by atoms with Gasteiger partial charge in [-0.25, -0.2) is 4.99 Å². The summed E-state index contributed by atoms with van der Waals surface area (Å²) in [4.78, 5) is 68.0. The highest BCUT2D eigenvalue weighted by molar-refractivity contribution is 6.40. The molecule has 3 heterocycles. The van der Waals surface area contributed by atoms with Crippen LogP contribution in [0.5, 0.6) is 0 Å². The van der Waals surface area contributed by atoms with Crippen molar-refractivity contribution in [2.45, 2.75) is 82.6 Å². The van der Waals surface area contributed by atoms with E-state index in [0.717, 1.165) is 31.2 Å². The number of likely N-dealkylation sites (N-methyl/N-ethyl adjacent to an activating group) is 1. The largest absolute Gasteiger partial charge is 0.350 e.